The second-order valence-electron chi connectivity index (χ2n) is 6.10. The Hall–Kier alpha value is -0.940. The summed E-state index contributed by atoms with van der Waals surface area (Å²) in [5, 5.41) is 11.1. The van der Waals surface area contributed by atoms with Crippen LogP contribution in [0.3, 0.4) is 0 Å². The zero-order valence-corrected chi connectivity index (χ0v) is 14.0. The van der Waals surface area contributed by atoms with Crippen LogP contribution in [0, 0.1) is 10.1 Å². The van der Waals surface area contributed by atoms with E-state index in [-0.39, 0.29) is 26.9 Å². The van der Waals surface area contributed by atoms with E-state index in [9.17, 15) is 10.1 Å². The second-order valence-corrected chi connectivity index (χ2v) is 7.54. The summed E-state index contributed by atoms with van der Waals surface area (Å²) in [6.07, 6.45) is 0. The smallest absolute Gasteiger partial charge is 0.269 e. The minimum Gasteiger partial charge on any atom is -0.295 e. The van der Waals surface area contributed by atoms with Gasteiger partial charge in [-0.05, 0) is 17.7 Å². The summed E-state index contributed by atoms with van der Waals surface area (Å²) in [5.41, 5.74) is 2.50. The molecule has 1 aromatic rings. The summed E-state index contributed by atoms with van der Waals surface area (Å²) < 4.78 is 0. The van der Waals surface area contributed by atoms with Crippen LogP contribution in [-0.2, 0) is 5.41 Å². The second kappa shape index (κ2) is 5.45. The molecule has 1 aromatic carbocycles. The van der Waals surface area contributed by atoms with Crippen molar-refractivity contribution in [3.63, 3.8) is 0 Å². The lowest BCUT2D eigenvalue weighted by molar-refractivity contribution is -0.385. The van der Waals surface area contributed by atoms with E-state index in [0.29, 0.717) is 0 Å². The summed E-state index contributed by atoms with van der Waals surface area (Å²) in [6, 6.07) is 5.49. The Morgan fingerprint density at radius 2 is 2.20 bits per heavy atom. The first-order valence-electron chi connectivity index (χ1n) is 6.95. The number of halogens is 1. The lowest BCUT2D eigenvalue weighted by Crippen LogP contribution is -2.47. The molecule has 0 saturated heterocycles. The number of hydrogen-bond acceptors (Lipinski definition) is 3. The number of non-ortho nitro benzene ring substituents is 1. The van der Waals surface area contributed by atoms with Crippen molar-refractivity contribution in [3.8, 4) is 0 Å². The quantitative estimate of drug-likeness (QED) is 0.474. The van der Waals surface area contributed by atoms with E-state index in [1.54, 1.807) is 12.1 Å². The molecule has 5 heteroatoms. The highest BCUT2D eigenvalue weighted by atomic mass is 79.9. The van der Waals surface area contributed by atoms with Crippen molar-refractivity contribution in [1.82, 2.24) is 4.90 Å². The molecule has 0 bridgehead atoms. The van der Waals surface area contributed by atoms with Crippen LogP contribution in [0.2, 0.25) is 0 Å². The summed E-state index contributed by atoms with van der Waals surface area (Å²) in [7, 11) is 0. The molecule has 1 heterocycles. The first-order valence-corrected chi connectivity index (χ1v) is 7.86. The third-order valence-electron chi connectivity index (χ3n) is 4.13. The predicted octanol–water partition coefficient (Wildman–Crippen LogP) is 4.03. The average molecular weight is 341 g/mol. The van der Waals surface area contributed by atoms with E-state index in [1.165, 1.54) is 5.56 Å². The topological polar surface area (TPSA) is 46.4 Å². The molecule has 1 aliphatic heterocycles. The lowest BCUT2D eigenvalue weighted by atomic mass is 9.75. The van der Waals surface area contributed by atoms with Gasteiger partial charge in [0.2, 0.25) is 0 Å². The molecule has 20 heavy (non-hydrogen) atoms. The summed E-state index contributed by atoms with van der Waals surface area (Å²) in [4.78, 5) is 13.4. The number of rotatable bonds is 3. The van der Waals surface area contributed by atoms with E-state index < -0.39 is 0 Å². The monoisotopic (exact) mass is 340 g/mol. The summed E-state index contributed by atoms with van der Waals surface area (Å²) >= 11 is 3.67. The minimum absolute atomic E-state index is 0.0128. The van der Waals surface area contributed by atoms with Crippen LogP contribution < -0.4 is 0 Å². The van der Waals surface area contributed by atoms with Gasteiger partial charge < -0.3 is 0 Å². The van der Waals surface area contributed by atoms with E-state index in [0.717, 1.165) is 18.7 Å². The summed E-state index contributed by atoms with van der Waals surface area (Å²) in [6.45, 7) is 10.6. The maximum atomic E-state index is 11.1. The van der Waals surface area contributed by atoms with E-state index in [4.69, 9.17) is 0 Å². The lowest BCUT2D eigenvalue weighted by Gasteiger charge is -2.46. The predicted molar refractivity (Wildman–Crippen MR) is 84.5 cm³/mol. The number of nitrogens with zero attached hydrogens (tertiary/aromatic N) is 2. The van der Waals surface area contributed by atoms with Gasteiger partial charge >= 0.3 is 0 Å². The molecule has 0 amide bonds. The number of nitro benzene ring substituents is 1. The molecule has 110 valence electrons. The number of likely N-dealkylation sites (N-methyl/N-ethyl adjacent to an activating group) is 1. The van der Waals surface area contributed by atoms with Gasteiger partial charge in [-0.15, -0.1) is 0 Å². The molecule has 0 aromatic heterocycles. The Morgan fingerprint density at radius 1 is 1.55 bits per heavy atom. The highest BCUT2D eigenvalue weighted by molar-refractivity contribution is 9.09. The third-order valence-corrected chi connectivity index (χ3v) is 4.63. The van der Waals surface area contributed by atoms with E-state index >= 15 is 0 Å². The Bertz CT molecular complexity index is 529. The molecule has 0 N–H and O–H groups in total. The molecular weight excluding hydrogens is 320 g/mol. The zero-order chi connectivity index (χ0) is 15.1. The highest BCUT2D eigenvalue weighted by Crippen LogP contribution is 2.43. The zero-order valence-electron chi connectivity index (χ0n) is 12.4. The first kappa shape index (κ1) is 15.4. The van der Waals surface area contributed by atoms with Crippen molar-refractivity contribution in [2.75, 3.05) is 13.1 Å². The number of nitro groups is 1. The third kappa shape index (κ3) is 2.61. The molecule has 0 aliphatic carbocycles. The number of hydrogen-bond donors (Lipinski definition) is 0. The molecule has 0 saturated carbocycles. The van der Waals surface area contributed by atoms with Crippen LogP contribution in [0.4, 0.5) is 5.69 Å². The molecule has 1 aliphatic rings. The van der Waals surface area contributed by atoms with Crippen LogP contribution in [-0.4, -0.2) is 27.7 Å². The largest absolute Gasteiger partial charge is 0.295 e. The molecule has 4 nitrogen and oxygen atoms in total. The fraction of sp³-hybridized carbons (Fsp3) is 0.600. The van der Waals surface area contributed by atoms with Gasteiger partial charge in [-0.2, -0.15) is 0 Å². The average Bonchev–Trinajstić information content (AvgIpc) is 2.36. The number of alkyl halides is 1. The minimum atomic E-state index is -0.311. The van der Waals surface area contributed by atoms with Gasteiger partial charge in [0.15, 0.2) is 0 Å². The van der Waals surface area contributed by atoms with Gasteiger partial charge in [0.25, 0.3) is 5.69 Å². The van der Waals surface area contributed by atoms with Crippen molar-refractivity contribution in [1.29, 1.82) is 0 Å². The van der Waals surface area contributed by atoms with Crippen LogP contribution in [0.25, 0.3) is 0 Å². The van der Waals surface area contributed by atoms with Gasteiger partial charge in [-0.1, -0.05) is 49.7 Å². The molecule has 2 atom stereocenters. The Kier molecular flexibility index (Phi) is 4.21. The van der Waals surface area contributed by atoms with Gasteiger partial charge in [0, 0.05) is 35.0 Å². The molecule has 2 rings (SSSR count). The number of benzene rings is 1. The van der Waals surface area contributed by atoms with E-state index in [2.05, 4.69) is 48.5 Å². The summed E-state index contributed by atoms with van der Waals surface area (Å²) in [5.74, 6) is 0. The fourth-order valence-electron chi connectivity index (χ4n) is 3.26. The van der Waals surface area contributed by atoms with Crippen LogP contribution >= 0.6 is 15.9 Å². The number of fused-ring (bicyclic) bond motifs is 1. The van der Waals surface area contributed by atoms with Crippen LogP contribution in [0.5, 0.6) is 0 Å². The maximum Gasteiger partial charge on any atom is 0.269 e. The fourth-order valence-corrected chi connectivity index (χ4v) is 3.88. The van der Waals surface area contributed by atoms with Gasteiger partial charge in [0.05, 0.1) is 4.92 Å². The first-order chi connectivity index (χ1) is 9.27. The molecule has 0 spiro atoms. The van der Waals surface area contributed by atoms with Crippen molar-refractivity contribution in [3.05, 3.63) is 39.4 Å². The molecular formula is C15H21BrN2O2. The van der Waals surface area contributed by atoms with Gasteiger partial charge in [-0.3, -0.25) is 15.0 Å². The highest BCUT2D eigenvalue weighted by Gasteiger charge is 2.39. The van der Waals surface area contributed by atoms with Crippen LogP contribution in [0.15, 0.2) is 18.2 Å². The van der Waals surface area contributed by atoms with Crippen molar-refractivity contribution in [2.45, 2.75) is 44.0 Å². The SMILES string of the molecule is CCN1CC(C)(C)c2ccc([N+](=O)[O-])cc2C1C(C)Br. The Balaban J connectivity index is 2.62. The van der Waals surface area contributed by atoms with E-state index in [1.807, 2.05) is 6.07 Å². The van der Waals surface area contributed by atoms with Crippen LogP contribution in [0.1, 0.15) is 44.9 Å². The molecule has 0 fully saturated rings. The molecule has 2 unspecified atom stereocenters. The van der Waals surface area contributed by atoms with Crippen molar-refractivity contribution in [2.24, 2.45) is 0 Å². The Morgan fingerprint density at radius 3 is 2.70 bits per heavy atom. The standard InChI is InChI=1S/C15H21BrN2O2/c1-5-17-9-15(3,4)13-7-6-11(18(19)20)8-12(13)14(17)10(2)16/h6-8,10,14H,5,9H2,1-4H3. The van der Waals surface area contributed by atoms with Crippen molar-refractivity contribution < 1.29 is 4.92 Å². The maximum absolute atomic E-state index is 11.1. The normalized spacial score (nSPS) is 23.1. The van der Waals surface area contributed by atoms with Gasteiger partial charge in [0.1, 0.15) is 0 Å². The van der Waals surface area contributed by atoms with Crippen molar-refractivity contribution >= 4 is 21.6 Å². The molecule has 0 radical (unpaired) electrons. The Labute approximate surface area is 128 Å². The van der Waals surface area contributed by atoms with Gasteiger partial charge in [-0.25, -0.2) is 0 Å².